The lowest BCUT2D eigenvalue weighted by atomic mass is 10.1. The maximum Gasteiger partial charge on any atom is 0.283 e. The highest BCUT2D eigenvalue weighted by Crippen LogP contribution is 2.30. The van der Waals surface area contributed by atoms with Gasteiger partial charge in [-0.15, -0.1) is 0 Å². The van der Waals surface area contributed by atoms with Crippen LogP contribution in [-0.2, 0) is 12.2 Å². The third kappa shape index (κ3) is 3.87. The van der Waals surface area contributed by atoms with Gasteiger partial charge in [0.2, 0.25) is 0 Å². The summed E-state index contributed by atoms with van der Waals surface area (Å²) >= 11 is 1.58. The number of rotatable bonds is 6. The van der Waals surface area contributed by atoms with Gasteiger partial charge in [0.15, 0.2) is 5.16 Å². The number of benzene rings is 3. The van der Waals surface area contributed by atoms with Crippen molar-refractivity contribution in [2.75, 3.05) is 0 Å². The molecule has 0 aliphatic heterocycles. The molecule has 0 amide bonds. The predicted octanol–water partition coefficient (Wildman–Crippen LogP) is 6.24. The summed E-state index contributed by atoms with van der Waals surface area (Å²) < 4.78 is 1.72. The minimum Gasteiger partial charge on any atom is -0.355 e. The standard InChI is InChI=1S/C27H23N3OS/c1-2-19-13-15-22(16-14-19)30-26(31)25-24(23(17-28-25)21-11-7-4-8-12-21)29-27(30)32-18-20-9-5-3-6-10-20/h3-17,28H,2,18H2,1H3. The van der Waals surface area contributed by atoms with Gasteiger partial charge in [-0.25, -0.2) is 4.98 Å². The summed E-state index contributed by atoms with van der Waals surface area (Å²) in [5.41, 5.74) is 6.37. The van der Waals surface area contributed by atoms with E-state index in [1.165, 1.54) is 11.1 Å². The first-order valence-electron chi connectivity index (χ1n) is 10.7. The van der Waals surface area contributed by atoms with Crippen molar-refractivity contribution in [3.63, 3.8) is 0 Å². The van der Waals surface area contributed by atoms with E-state index < -0.39 is 0 Å². The Balaban J connectivity index is 1.67. The molecule has 0 radical (unpaired) electrons. The Kier molecular flexibility index (Phi) is 5.65. The molecule has 3 aromatic carbocycles. The normalized spacial score (nSPS) is 11.2. The molecule has 5 aromatic rings. The third-order valence-electron chi connectivity index (χ3n) is 5.57. The summed E-state index contributed by atoms with van der Waals surface area (Å²) in [4.78, 5) is 21.8. The molecule has 32 heavy (non-hydrogen) atoms. The van der Waals surface area contributed by atoms with Gasteiger partial charge in [-0.1, -0.05) is 91.5 Å². The topological polar surface area (TPSA) is 50.7 Å². The van der Waals surface area contributed by atoms with Gasteiger partial charge >= 0.3 is 0 Å². The summed E-state index contributed by atoms with van der Waals surface area (Å²) in [6.45, 7) is 2.12. The third-order valence-corrected chi connectivity index (χ3v) is 6.58. The Morgan fingerprint density at radius 2 is 1.56 bits per heavy atom. The number of nitrogens with zero attached hydrogens (tertiary/aromatic N) is 2. The largest absolute Gasteiger partial charge is 0.355 e. The van der Waals surface area contributed by atoms with Crippen molar-refractivity contribution in [3.05, 3.63) is 113 Å². The fourth-order valence-electron chi connectivity index (χ4n) is 3.80. The van der Waals surface area contributed by atoms with Crippen LogP contribution in [-0.4, -0.2) is 14.5 Å². The van der Waals surface area contributed by atoms with Gasteiger partial charge in [-0.3, -0.25) is 9.36 Å². The van der Waals surface area contributed by atoms with E-state index in [1.54, 1.807) is 16.3 Å². The summed E-state index contributed by atoms with van der Waals surface area (Å²) in [6.07, 6.45) is 2.84. The Morgan fingerprint density at radius 1 is 0.875 bits per heavy atom. The summed E-state index contributed by atoms with van der Waals surface area (Å²) in [5, 5.41) is 0.687. The molecule has 0 saturated carbocycles. The lowest BCUT2D eigenvalue weighted by Gasteiger charge is -2.13. The smallest absolute Gasteiger partial charge is 0.283 e. The number of thioether (sulfide) groups is 1. The molecular formula is C27H23N3OS. The molecule has 0 unspecified atom stereocenters. The molecule has 0 aliphatic carbocycles. The van der Waals surface area contributed by atoms with Crippen molar-refractivity contribution in [3.8, 4) is 16.8 Å². The molecule has 1 N–H and O–H groups in total. The average molecular weight is 438 g/mol. The molecule has 0 fully saturated rings. The molecule has 0 spiro atoms. The SMILES string of the molecule is CCc1ccc(-n2c(SCc3ccccc3)nc3c(-c4ccccc4)c[nH]c3c2=O)cc1. The van der Waals surface area contributed by atoms with Gasteiger partial charge in [-0.05, 0) is 35.2 Å². The van der Waals surface area contributed by atoms with Crippen LogP contribution in [0.3, 0.4) is 0 Å². The number of hydrogen-bond donors (Lipinski definition) is 1. The maximum atomic E-state index is 13.6. The zero-order valence-electron chi connectivity index (χ0n) is 17.8. The van der Waals surface area contributed by atoms with Gasteiger partial charge in [0.1, 0.15) is 11.0 Å². The van der Waals surface area contributed by atoms with Crippen LogP contribution in [0, 0.1) is 0 Å². The van der Waals surface area contributed by atoms with Gasteiger partial charge in [0.05, 0.1) is 5.69 Å². The Labute approximate surface area is 191 Å². The molecule has 2 aromatic heterocycles. The van der Waals surface area contributed by atoms with E-state index in [2.05, 4.69) is 36.2 Å². The van der Waals surface area contributed by atoms with Crippen LogP contribution < -0.4 is 5.56 Å². The molecule has 0 atom stereocenters. The van der Waals surface area contributed by atoms with E-state index in [9.17, 15) is 4.79 Å². The van der Waals surface area contributed by atoms with Gasteiger partial charge in [0.25, 0.3) is 5.56 Å². The molecule has 0 saturated heterocycles. The lowest BCUT2D eigenvalue weighted by molar-refractivity contribution is 0.817. The highest BCUT2D eigenvalue weighted by Gasteiger charge is 2.18. The van der Waals surface area contributed by atoms with Crippen LogP contribution in [0.2, 0.25) is 0 Å². The summed E-state index contributed by atoms with van der Waals surface area (Å²) in [5.74, 6) is 0.733. The van der Waals surface area contributed by atoms with E-state index in [0.717, 1.165) is 29.0 Å². The van der Waals surface area contributed by atoms with Crippen molar-refractivity contribution < 1.29 is 0 Å². The van der Waals surface area contributed by atoms with Crippen LogP contribution in [0.25, 0.3) is 27.8 Å². The van der Waals surface area contributed by atoms with Gasteiger partial charge in [0, 0.05) is 17.5 Å². The number of hydrogen-bond acceptors (Lipinski definition) is 3. The Bertz CT molecular complexity index is 1410. The van der Waals surface area contributed by atoms with E-state index in [0.29, 0.717) is 16.2 Å². The molecule has 0 aliphatic rings. The quantitative estimate of drug-likeness (QED) is 0.253. The van der Waals surface area contributed by atoms with E-state index in [4.69, 9.17) is 4.98 Å². The predicted molar refractivity (Wildman–Crippen MR) is 133 cm³/mol. The second kappa shape index (κ2) is 8.89. The number of aromatic amines is 1. The minimum absolute atomic E-state index is 0.0861. The first-order chi connectivity index (χ1) is 15.7. The highest BCUT2D eigenvalue weighted by atomic mass is 32.2. The van der Waals surface area contributed by atoms with Crippen molar-refractivity contribution in [2.24, 2.45) is 0 Å². The highest BCUT2D eigenvalue weighted by molar-refractivity contribution is 7.98. The first-order valence-corrected chi connectivity index (χ1v) is 11.7. The molecule has 2 heterocycles. The first kappa shape index (κ1) is 20.3. The minimum atomic E-state index is -0.0861. The van der Waals surface area contributed by atoms with Gasteiger partial charge in [-0.2, -0.15) is 0 Å². The second-order valence-electron chi connectivity index (χ2n) is 7.62. The fourth-order valence-corrected chi connectivity index (χ4v) is 4.77. The number of aromatic nitrogens is 3. The van der Waals surface area contributed by atoms with E-state index in [1.807, 2.05) is 66.9 Å². The van der Waals surface area contributed by atoms with Crippen molar-refractivity contribution >= 4 is 22.8 Å². The maximum absolute atomic E-state index is 13.6. The zero-order chi connectivity index (χ0) is 21.9. The molecular weight excluding hydrogens is 414 g/mol. The zero-order valence-corrected chi connectivity index (χ0v) is 18.6. The van der Waals surface area contributed by atoms with Crippen molar-refractivity contribution in [1.82, 2.24) is 14.5 Å². The lowest BCUT2D eigenvalue weighted by Crippen LogP contribution is -2.22. The van der Waals surface area contributed by atoms with Crippen LogP contribution in [0.5, 0.6) is 0 Å². The average Bonchev–Trinajstić information content (AvgIpc) is 3.28. The molecule has 5 heteroatoms. The molecule has 158 valence electrons. The number of H-pyrrole nitrogens is 1. The van der Waals surface area contributed by atoms with Crippen LogP contribution in [0.15, 0.2) is 101 Å². The molecule has 4 nitrogen and oxygen atoms in total. The van der Waals surface area contributed by atoms with E-state index >= 15 is 0 Å². The number of nitrogens with one attached hydrogen (secondary N) is 1. The molecule has 0 bridgehead atoms. The monoisotopic (exact) mass is 437 g/mol. The Morgan fingerprint density at radius 3 is 2.25 bits per heavy atom. The van der Waals surface area contributed by atoms with Gasteiger partial charge < -0.3 is 4.98 Å². The van der Waals surface area contributed by atoms with Crippen LogP contribution in [0.1, 0.15) is 18.1 Å². The molecule has 5 rings (SSSR count). The van der Waals surface area contributed by atoms with Crippen molar-refractivity contribution in [2.45, 2.75) is 24.3 Å². The number of fused-ring (bicyclic) bond motifs is 1. The van der Waals surface area contributed by atoms with Crippen molar-refractivity contribution in [1.29, 1.82) is 0 Å². The van der Waals surface area contributed by atoms with Crippen LogP contribution in [0.4, 0.5) is 0 Å². The summed E-state index contributed by atoms with van der Waals surface area (Å²) in [6, 6.07) is 28.5. The van der Waals surface area contributed by atoms with Crippen LogP contribution >= 0.6 is 11.8 Å². The van der Waals surface area contributed by atoms with E-state index in [-0.39, 0.29) is 5.56 Å². The number of aryl methyl sites for hydroxylation is 1. The summed E-state index contributed by atoms with van der Waals surface area (Å²) in [7, 11) is 0. The Hall–Kier alpha value is -3.57. The fraction of sp³-hybridized carbons (Fsp3) is 0.111. The second-order valence-corrected chi connectivity index (χ2v) is 8.56.